The van der Waals surface area contributed by atoms with E-state index in [-0.39, 0.29) is 10.8 Å². The molecule has 0 aliphatic rings. The molecule has 10 aromatic carbocycles. The largest absolute Gasteiger partial charge is 0.238 e. The van der Waals surface area contributed by atoms with E-state index < -0.39 is 0 Å². The van der Waals surface area contributed by atoms with Crippen LogP contribution in [-0.4, -0.2) is 0 Å². The molecule has 54 heavy (non-hydrogen) atoms. The van der Waals surface area contributed by atoms with Crippen molar-refractivity contribution in [2.24, 2.45) is 0 Å². The Morgan fingerprint density at radius 1 is 0.463 bits per heavy atom. The molecule has 0 aromatic heterocycles. The van der Waals surface area contributed by atoms with Gasteiger partial charge in [0, 0.05) is 0 Å². The van der Waals surface area contributed by atoms with Crippen molar-refractivity contribution in [1.29, 1.82) is 5.26 Å². The fraction of sp³-hybridized carbons (Fsp3) is 0.154. The summed E-state index contributed by atoms with van der Waals surface area (Å²) in [6.07, 6.45) is 0. The van der Waals surface area contributed by atoms with Crippen LogP contribution in [0.15, 0.2) is 121 Å². The number of hydrogen-bond acceptors (Lipinski definition) is 1. The summed E-state index contributed by atoms with van der Waals surface area (Å²) in [5.74, 6) is 0. The van der Waals surface area contributed by atoms with E-state index in [1.54, 1.807) is 0 Å². The van der Waals surface area contributed by atoms with Gasteiger partial charge in [0.05, 0.1) is 18.2 Å². The topological polar surface area (TPSA) is 28.1 Å². The molecule has 0 spiro atoms. The highest BCUT2D eigenvalue weighted by molar-refractivity contribution is 6.44. The van der Waals surface area contributed by atoms with E-state index in [2.05, 4.69) is 174 Å². The molecule has 2 nitrogen and oxygen atoms in total. The molecular weight excluding hydrogens is 653 g/mol. The standard InChI is InChI=1S/C52H38N2/c1-51(2,3)33-22-29(28-53)21-31(23-33)46-48-41-20-12-17-38-36-15-8-9-16-37(36)42(47(38)41)27-43(48)45(32-24-34(52(4,5)6)26-35(25-32)54-7)49-39-18-10-13-30-14-11-19-40(44(30)39)50(46)49/h8-27H,1-6H3. The molecular formula is C52H38N2. The van der Waals surface area contributed by atoms with Gasteiger partial charge in [-0.1, -0.05) is 144 Å². The van der Waals surface area contributed by atoms with Crippen molar-refractivity contribution in [3.63, 3.8) is 0 Å². The Bertz CT molecular complexity index is 3290. The molecule has 0 N–H and O–H groups in total. The molecule has 0 saturated carbocycles. The van der Waals surface area contributed by atoms with Gasteiger partial charge in [-0.2, -0.15) is 5.26 Å². The van der Waals surface area contributed by atoms with Crippen LogP contribution in [0.25, 0.3) is 103 Å². The van der Waals surface area contributed by atoms with Crippen molar-refractivity contribution < 1.29 is 0 Å². The molecule has 256 valence electrons. The van der Waals surface area contributed by atoms with Gasteiger partial charge < -0.3 is 0 Å². The smallest absolute Gasteiger partial charge is 0.188 e. The third-order valence-corrected chi connectivity index (χ3v) is 11.8. The zero-order valence-corrected chi connectivity index (χ0v) is 31.4. The van der Waals surface area contributed by atoms with Gasteiger partial charge in [-0.3, -0.25) is 0 Å². The lowest BCUT2D eigenvalue weighted by molar-refractivity contribution is 0.590. The van der Waals surface area contributed by atoms with Gasteiger partial charge in [-0.05, 0) is 138 Å². The van der Waals surface area contributed by atoms with E-state index in [1.807, 2.05) is 0 Å². The second-order valence-corrected chi connectivity index (χ2v) is 17.1. The average Bonchev–Trinajstić information content (AvgIpc) is 3.67. The zero-order chi connectivity index (χ0) is 37.3. The van der Waals surface area contributed by atoms with Gasteiger partial charge in [0.25, 0.3) is 0 Å². The molecule has 0 heterocycles. The summed E-state index contributed by atoms with van der Waals surface area (Å²) in [4.78, 5) is 4.04. The number of rotatable bonds is 2. The summed E-state index contributed by atoms with van der Waals surface area (Å²) in [7, 11) is 0. The van der Waals surface area contributed by atoms with Gasteiger partial charge in [-0.25, -0.2) is 4.85 Å². The lowest BCUT2D eigenvalue weighted by Crippen LogP contribution is -2.11. The maximum Gasteiger partial charge on any atom is 0.188 e. The van der Waals surface area contributed by atoms with Crippen molar-refractivity contribution in [1.82, 2.24) is 0 Å². The minimum absolute atomic E-state index is 0.160. The van der Waals surface area contributed by atoms with Gasteiger partial charge in [0.1, 0.15) is 0 Å². The Balaban J connectivity index is 1.57. The molecule has 0 saturated heterocycles. The highest BCUT2D eigenvalue weighted by Gasteiger charge is 2.28. The van der Waals surface area contributed by atoms with Gasteiger partial charge in [-0.15, -0.1) is 0 Å². The lowest BCUT2D eigenvalue weighted by atomic mass is 9.79. The predicted octanol–water partition coefficient (Wildman–Crippen LogP) is 15.0. The minimum Gasteiger partial charge on any atom is -0.238 e. The van der Waals surface area contributed by atoms with Crippen LogP contribution >= 0.6 is 0 Å². The van der Waals surface area contributed by atoms with Crippen molar-refractivity contribution in [2.75, 3.05) is 0 Å². The van der Waals surface area contributed by atoms with Crippen LogP contribution in [-0.2, 0) is 10.8 Å². The van der Waals surface area contributed by atoms with Gasteiger partial charge >= 0.3 is 0 Å². The van der Waals surface area contributed by atoms with E-state index in [0.717, 1.165) is 38.8 Å². The van der Waals surface area contributed by atoms with Crippen LogP contribution in [0.5, 0.6) is 0 Å². The highest BCUT2D eigenvalue weighted by atomic mass is 14.6. The number of nitriles is 1. The average molecular weight is 691 g/mol. The molecule has 0 fully saturated rings. The van der Waals surface area contributed by atoms with Crippen molar-refractivity contribution in [2.45, 2.75) is 52.4 Å². The molecule has 0 aliphatic heterocycles. The first-order chi connectivity index (χ1) is 26.0. The third-order valence-electron chi connectivity index (χ3n) is 11.8. The van der Waals surface area contributed by atoms with Crippen LogP contribution in [0, 0.1) is 17.9 Å². The number of nitrogens with zero attached hydrogens (tertiary/aromatic N) is 2. The van der Waals surface area contributed by atoms with Crippen LogP contribution < -0.4 is 0 Å². The lowest BCUT2D eigenvalue weighted by Gasteiger charge is -2.24. The SMILES string of the molecule is [C-]#[N+]c1cc(-c2c3cc4c5ccccc5c5cccc(c3c(-c3cc(C#N)cc(C(C)(C)C)c3)c3c6cccc7cccc(c23)c76)c54)cc(C(C)(C)C)c1. The first-order valence-electron chi connectivity index (χ1n) is 18.8. The second kappa shape index (κ2) is 11.0. The molecule has 10 rings (SSSR count). The minimum atomic E-state index is -0.167. The summed E-state index contributed by atoms with van der Waals surface area (Å²) in [6.45, 7) is 21.6. The molecule has 0 atom stereocenters. The Labute approximate surface area is 315 Å². The highest BCUT2D eigenvalue weighted by Crippen LogP contribution is 2.55. The Kier molecular flexibility index (Phi) is 6.57. The van der Waals surface area contributed by atoms with Crippen LogP contribution in [0.3, 0.4) is 0 Å². The Morgan fingerprint density at radius 3 is 1.63 bits per heavy atom. The quantitative estimate of drug-likeness (QED) is 0.131. The fourth-order valence-electron chi connectivity index (χ4n) is 9.26. The Morgan fingerprint density at radius 2 is 1.00 bits per heavy atom. The van der Waals surface area contributed by atoms with Crippen LogP contribution in [0.1, 0.15) is 58.2 Å². The molecule has 0 aliphatic carbocycles. The molecule has 2 heteroatoms. The van der Waals surface area contributed by atoms with Crippen molar-refractivity contribution in [3.8, 4) is 28.3 Å². The first kappa shape index (κ1) is 32.2. The number of benzene rings is 8. The summed E-state index contributed by atoms with van der Waals surface area (Å²) < 4.78 is 0. The summed E-state index contributed by atoms with van der Waals surface area (Å²) in [5.41, 5.74) is 7.68. The van der Waals surface area contributed by atoms with Crippen LogP contribution in [0.4, 0.5) is 5.69 Å². The second-order valence-electron chi connectivity index (χ2n) is 17.1. The summed E-state index contributed by atoms with van der Waals surface area (Å²) in [5, 5.41) is 27.6. The molecule has 0 amide bonds. The van der Waals surface area contributed by atoms with E-state index in [1.165, 1.54) is 70.0 Å². The third kappa shape index (κ3) is 4.44. The summed E-state index contributed by atoms with van der Waals surface area (Å²) >= 11 is 0. The predicted molar refractivity (Wildman–Crippen MR) is 231 cm³/mol. The zero-order valence-electron chi connectivity index (χ0n) is 31.4. The van der Waals surface area contributed by atoms with E-state index in [0.29, 0.717) is 11.3 Å². The molecule has 0 bridgehead atoms. The molecule has 0 radical (unpaired) electrons. The van der Waals surface area contributed by atoms with Crippen molar-refractivity contribution in [3.05, 3.63) is 149 Å². The monoisotopic (exact) mass is 690 g/mol. The maximum absolute atomic E-state index is 10.5. The van der Waals surface area contributed by atoms with Gasteiger partial charge in [0.2, 0.25) is 0 Å². The summed E-state index contributed by atoms with van der Waals surface area (Å²) in [6, 6.07) is 46.8. The van der Waals surface area contributed by atoms with E-state index in [9.17, 15) is 5.26 Å². The molecule has 10 aromatic rings. The normalized spacial score (nSPS) is 12.6. The van der Waals surface area contributed by atoms with Gasteiger partial charge in [0.15, 0.2) is 5.69 Å². The van der Waals surface area contributed by atoms with E-state index in [4.69, 9.17) is 6.57 Å². The molecule has 0 unspecified atom stereocenters. The fourth-order valence-corrected chi connectivity index (χ4v) is 9.26. The van der Waals surface area contributed by atoms with Crippen LogP contribution in [0.2, 0.25) is 0 Å². The Hall–Kier alpha value is -6.48. The first-order valence-corrected chi connectivity index (χ1v) is 18.8. The number of hydrogen-bond donors (Lipinski definition) is 0. The van der Waals surface area contributed by atoms with E-state index >= 15 is 0 Å². The number of fused-ring (bicyclic) bond motifs is 8. The van der Waals surface area contributed by atoms with Crippen molar-refractivity contribution >= 4 is 81.1 Å². The maximum atomic E-state index is 10.5.